The predicted octanol–water partition coefficient (Wildman–Crippen LogP) is 3.70. The fraction of sp³-hybridized carbons (Fsp3) is 0.517. The number of carbonyl (C=O) groups is 1. The lowest BCUT2D eigenvalue weighted by molar-refractivity contribution is -0.127. The SMILES string of the molecule is CCN1CCN(Cc2ccc(-c3ccc(C[C@@H](C#N)NC(=O)C4(N)CCCCC4)cc3)cc2)CC1. The van der Waals surface area contributed by atoms with Crippen molar-refractivity contribution in [2.24, 2.45) is 5.73 Å². The first kappa shape index (κ1) is 25.4. The number of benzene rings is 2. The second-order valence-corrected chi connectivity index (χ2v) is 10.2. The van der Waals surface area contributed by atoms with Crippen LogP contribution in [0, 0.1) is 11.3 Å². The highest BCUT2D eigenvalue weighted by Crippen LogP contribution is 2.26. The van der Waals surface area contributed by atoms with E-state index in [4.69, 9.17) is 5.73 Å². The molecule has 0 unspecified atom stereocenters. The smallest absolute Gasteiger partial charge is 0.241 e. The molecule has 1 heterocycles. The van der Waals surface area contributed by atoms with Gasteiger partial charge >= 0.3 is 0 Å². The fourth-order valence-electron chi connectivity index (χ4n) is 5.23. The van der Waals surface area contributed by atoms with Crippen molar-refractivity contribution in [3.8, 4) is 17.2 Å². The van der Waals surface area contributed by atoms with Gasteiger partial charge in [-0.05, 0) is 41.6 Å². The van der Waals surface area contributed by atoms with Crippen molar-refractivity contribution in [2.75, 3.05) is 32.7 Å². The summed E-state index contributed by atoms with van der Waals surface area (Å²) in [7, 11) is 0. The van der Waals surface area contributed by atoms with E-state index in [-0.39, 0.29) is 5.91 Å². The molecule has 1 aliphatic heterocycles. The summed E-state index contributed by atoms with van der Waals surface area (Å²) < 4.78 is 0. The first-order chi connectivity index (χ1) is 17.0. The second kappa shape index (κ2) is 11.8. The van der Waals surface area contributed by atoms with E-state index in [0.717, 1.165) is 69.7 Å². The average Bonchev–Trinajstić information content (AvgIpc) is 2.90. The number of hydrogen-bond donors (Lipinski definition) is 2. The van der Waals surface area contributed by atoms with E-state index in [9.17, 15) is 10.1 Å². The van der Waals surface area contributed by atoms with Crippen LogP contribution in [0.15, 0.2) is 48.5 Å². The van der Waals surface area contributed by atoms with Gasteiger partial charge in [-0.25, -0.2) is 0 Å². The monoisotopic (exact) mass is 473 g/mol. The predicted molar refractivity (Wildman–Crippen MR) is 141 cm³/mol. The topological polar surface area (TPSA) is 85.4 Å². The van der Waals surface area contributed by atoms with Crippen molar-refractivity contribution < 1.29 is 4.79 Å². The summed E-state index contributed by atoms with van der Waals surface area (Å²) in [5.74, 6) is -0.187. The molecule has 2 aromatic rings. The quantitative estimate of drug-likeness (QED) is 0.611. The van der Waals surface area contributed by atoms with Crippen LogP contribution < -0.4 is 11.1 Å². The van der Waals surface area contributed by atoms with Gasteiger partial charge in [0, 0.05) is 39.1 Å². The Morgan fingerprint density at radius 1 is 0.943 bits per heavy atom. The van der Waals surface area contributed by atoms with Gasteiger partial charge in [0.15, 0.2) is 0 Å². The largest absolute Gasteiger partial charge is 0.338 e. The second-order valence-electron chi connectivity index (χ2n) is 10.2. The van der Waals surface area contributed by atoms with Gasteiger partial charge < -0.3 is 16.0 Å². The molecule has 1 saturated heterocycles. The lowest BCUT2D eigenvalue weighted by Crippen LogP contribution is -2.57. The number of rotatable bonds is 8. The van der Waals surface area contributed by atoms with E-state index in [2.05, 4.69) is 64.5 Å². The maximum Gasteiger partial charge on any atom is 0.241 e. The van der Waals surface area contributed by atoms with Crippen LogP contribution in [0.3, 0.4) is 0 Å². The molecular formula is C29H39N5O. The normalized spacial score (nSPS) is 19.6. The molecule has 6 heteroatoms. The maximum atomic E-state index is 12.7. The van der Waals surface area contributed by atoms with Crippen LogP contribution in [0.25, 0.3) is 11.1 Å². The summed E-state index contributed by atoms with van der Waals surface area (Å²) in [6, 6.07) is 18.8. The van der Waals surface area contributed by atoms with E-state index in [1.807, 2.05) is 12.1 Å². The molecule has 1 saturated carbocycles. The summed E-state index contributed by atoms with van der Waals surface area (Å²) in [5, 5.41) is 12.5. The van der Waals surface area contributed by atoms with Gasteiger partial charge in [0.05, 0.1) is 11.6 Å². The van der Waals surface area contributed by atoms with Crippen molar-refractivity contribution >= 4 is 5.91 Å². The van der Waals surface area contributed by atoms with Crippen LogP contribution in [0.1, 0.15) is 50.2 Å². The number of carbonyl (C=O) groups excluding carboxylic acids is 1. The summed E-state index contributed by atoms with van der Waals surface area (Å²) in [6.07, 6.45) is 4.93. The van der Waals surface area contributed by atoms with Crippen LogP contribution in [0.2, 0.25) is 0 Å². The van der Waals surface area contributed by atoms with Crippen molar-refractivity contribution in [3.63, 3.8) is 0 Å². The first-order valence-electron chi connectivity index (χ1n) is 13.1. The number of hydrogen-bond acceptors (Lipinski definition) is 5. The number of nitrogens with one attached hydrogen (secondary N) is 1. The molecule has 0 aromatic heterocycles. The third-order valence-corrected chi connectivity index (χ3v) is 7.66. The Bertz CT molecular complexity index is 997. The average molecular weight is 474 g/mol. The lowest BCUT2D eigenvalue weighted by atomic mass is 9.81. The van der Waals surface area contributed by atoms with E-state index in [1.165, 1.54) is 11.1 Å². The van der Waals surface area contributed by atoms with E-state index >= 15 is 0 Å². The minimum atomic E-state index is -0.826. The highest BCUT2D eigenvalue weighted by molar-refractivity contribution is 5.86. The van der Waals surface area contributed by atoms with Gasteiger partial charge in [-0.1, -0.05) is 74.7 Å². The zero-order valence-electron chi connectivity index (χ0n) is 21.0. The summed E-state index contributed by atoms with van der Waals surface area (Å²) in [4.78, 5) is 17.7. The summed E-state index contributed by atoms with van der Waals surface area (Å²) in [5.41, 5.74) is 10.2. The molecule has 35 heavy (non-hydrogen) atoms. The van der Waals surface area contributed by atoms with Gasteiger partial charge in [-0.3, -0.25) is 9.69 Å². The standard InChI is InChI=1S/C29H39N5O/c1-2-33-16-18-34(19-17-33)22-24-8-12-26(13-9-24)25-10-6-23(7-11-25)20-27(21-30)32-28(35)29(31)14-4-3-5-15-29/h6-13,27H,2-5,14-20,22,31H2,1H3,(H,32,35)/t27-/m0/s1. The molecule has 186 valence electrons. The molecule has 0 radical (unpaired) electrons. The molecule has 4 rings (SSSR count). The number of nitrogens with two attached hydrogens (primary N) is 1. The zero-order chi connectivity index (χ0) is 24.7. The van der Waals surface area contributed by atoms with Crippen LogP contribution in [-0.2, 0) is 17.8 Å². The van der Waals surface area contributed by atoms with Crippen molar-refractivity contribution in [1.29, 1.82) is 5.26 Å². The minimum absolute atomic E-state index is 0.187. The van der Waals surface area contributed by atoms with Crippen LogP contribution >= 0.6 is 0 Å². The van der Waals surface area contributed by atoms with E-state index < -0.39 is 11.6 Å². The molecule has 2 aliphatic rings. The molecule has 0 bridgehead atoms. The molecule has 1 amide bonds. The third-order valence-electron chi connectivity index (χ3n) is 7.66. The van der Waals surface area contributed by atoms with Crippen LogP contribution in [-0.4, -0.2) is 60.0 Å². The third kappa shape index (κ3) is 6.70. The lowest BCUT2D eigenvalue weighted by Gasteiger charge is -2.34. The number of nitriles is 1. The number of amides is 1. The summed E-state index contributed by atoms with van der Waals surface area (Å²) >= 11 is 0. The van der Waals surface area contributed by atoms with Crippen molar-refractivity contribution in [2.45, 2.75) is 63.6 Å². The molecular weight excluding hydrogens is 434 g/mol. The Hall–Kier alpha value is -2.72. The highest BCUT2D eigenvalue weighted by atomic mass is 16.2. The fourth-order valence-corrected chi connectivity index (χ4v) is 5.23. The Balaban J connectivity index is 1.31. The first-order valence-corrected chi connectivity index (χ1v) is 13.1. The number of likely N-dealkylation sites (N-methyl/N-ethyl adjacent to an activating group) is 1. The van der Waals surface area contributed by atoms with Gasteiger partial charge in [-0.15, -0.1) is 0 Å². The molecule has 2 fully saturated rings. The molecule has 0 spiro atoms. The van der Waals surface area contributed by atoms with Crippen molar-refractivity contribution in [3.05, 3.63) is 59.7 Å². The van der Waals surface area contributed by atoms with E-state index in [0.29, 0.717) is 19.3 Å². The molecule has 1 aliphatic carbocycles. The molecule has 2 aromatic carbocycles. The Morgan fingerprint density at radius 2 is 1.49 bits per heavy atom. The zero-order valence-corrected chi connectivity index (χ0v) is 21.0. The van der Waals surface area contributed by atoms with Crippen molar-refractivity contribution in [1.82, 2.24) is 15.1 Å². The number of piperazine rings is 1. The minimum Gasteiger partial charge on any atom is -0.338 e. The van der Waals surface area contributed by atoms with Crippen LogP contribution in [0.4, 0.5) is 0 Å². The Labute approximate surface area is 210 Å². The van der Waals surface area contributed by atoms with Gasteiger partial charge in [0.2, 0.25) is 5.91 Å². The Morgan fingerprint density at radius 3 is 2.03 bits per heavy atom. The van der Waals surface area contributed by atoms with E-state index in [1.54, 1.807) is 0 Å². The molecule has 3 N–H and O–H groups in total. The van der Waals surface area contributed by atoms with Gasteiger partial charge in [0.1, 0.15) is 6.04 Å². The maximum absolute atomic E-state index is 12.7. The molecule has 1 atom stereocenters. The van der Waals surface area contributed by atoms with Gasteiger partial charge in [-0.2, -0.15) is 5.26 Å². The van der Waals surface area contributed by atoms with Crippen LogP contribution in [0.5, 0.6) is 0 Å². The Kier molecular flexibility index (Phi) is 8.56. The summed E-state index contributed by atoms with van der Waals surface area (Å²) in [6.45, 7) is 8.95. The molecule has 6 nitrogen and oxygen atoms in total. The van der Waals surface area contributed by atoms with Gasteiger partial charge in [0.25, 0.3) is 0 Å². The number of nitrogens with zero attached hydrogens (tertiary/aromatic N) is 3. The highest BCUT2D eigenvalue weighted by Gasteiger charge is 2.36.